The maximum absolute atomic E-state index is 10.6. The lowest BCUT2D eigenvalue weighted by Gasteiger charge is -2.12. The number of rotatable bonds is 5. The summed E-state index contributed by atoms with van der Waals surface area (Å²) in [4.78, 5) is 14.8. The molecule has 2 N–H and O–H groups in total. The van der Waals surface area contributed by atoms with Crippen molar-refractivity contribution in [3.8, 4) is 0 Å². The molecular formula is C12H15N3O3S. The Balaban J connectivity index is 2.09. The van der Waals surface area contributed by atoms with E-state index in [9.17, 15) is 4.79 Å². The number of carboxylic acids is 1. The van der Waals surface area contributed by atoms with E-state index in [-0.39, 0.29) is 12.5 Å². The number of aryl methyl sites for hydroxylation is 2. The predicted molar refractivity (Wildman–Crippen MR) is 71.5 cm³/mol. The molecule has 2 rings (SSSR count). The smallest absolute Gasteiger partial charge is 0.309 e. The van der Waals surface area contributed by atoms with Crippen LogP contribution in [-0.2, 0) is 11.2 Å². The monoisotopic (exact) mass is 281 g/mol. The van der Waals surface area contributed by atoms with Gasteiger partial charge in [0, 0.05) is 10.9 Å². The van der Waals surface area contributed by atoms with Crippen LogP contribution in [0.25, 0.3) is 0 Å². The van der Waals surface area contributed by atoms with Crippen molar-refractivity contribution in [1.82, 2.24) is 10.1 Å². The molecule has 2 heterocycles. The second-order valence-corrected chi connectivity index (χ2v) is 5.18. The molecule has 0 saturated heterocycles. The molecule has 102 valence electrons. The van der Waals surface area contributed by atoms with Crippen LogP contribution in [0, 0.1) is 13.8 Å². The van der Waals surface area contributed by atoms with E-state index in [1.807, 2.05) is 20.8 Å². The summed E-state index contributed by atoms with van der Waals surface area (Å²) in [5.74, 6) is -0.101. The van der Waals surface area contributed by atoms with Crippen molar-refractivity contribution in [3.63, 3.8) is 0 Å². The van der Waals surface area contributed by atoms with Crippen LogP contribution in [0.1, 0.15) is 35.7 Å². The van der Waals surface area contributed by atoms with Crippen LogP contribution in [0.3, 0.4) is 0 Å². The Hall–Kier alpha value is -1.89. The number of carbonyl (C=O) groups is 1. The molecular weight excluding hydrogens is 266 g/mol. The molecule has 2 aromatic heterocycles. The van der Waals surface area contributed by atoms with Gasteiger partial charge in [0.15, 0.2) is 5.13 Å². The summed E-state index contributed by atoms with van der Waals surface area (Å²) in [6.07, 6.45) is -0.0577. The van der Waals surface area contributed by atoms with Crippen LogP contribution in [0.5, 0.6) is 0 Å². The van der Waals surface area contributed by atoms with Gasteiger partial charge in [0.1, 0.15) is 5.76 Å². The quantitative estimate of drug-likeness (QED) is 0.875. The molecule has 0 amide bonds. The van der Waals surface area contributed by atoms with Gasteiger partial charge in [-0.15, -0.1) is 11.3 Å². The highest BCUT2D eigenvalue weighted by atomic mass is 32.1. The first-order valence-electron chi connectivity index (χ1n) is 5.83. The molecule has 0 fully saturated rings. The number of anilines is 1. The lowest BCUT2D eigenvalue weighted by Crippen LogP contribution is -2.08. The van der Waals surface area contributed by atoms with Crippen LogP contribution in [0.2, 0.25) is 0 Å². The first kappa shape index (κ1) is 13.5. The molecule has 2 aromatic rings. The van der Waals surface area contributed by atoms with E-state index in [4.69, 9.17) is 9.63 Å². The fourth-order valence-corrected chi connectivity index (χ4v) is 2.77. The number of hydrogen-bond donors (Lipinski definition) is 2. The number of hydrogen-bond acceptors (Lipinski definition) is 6. The van der Waals surface area contributed by atoms with Gasteiger partial charge in [0.25, 0.3) is 0 Å². The average molecular weight is 281 g/mol. The van der Waals surface area contributed by atoms with E-state index in [2.05, 4.69) is 15.5 Å². The SMILES string of the molecule is Cc1noc(C)c1C(C)Nc1nc(CC(=O)O)cs1. The molecule has 0 aromatic carbocycles. The Morgan fingerprint density at radius 3 is 2.89 bits per heavy atom. The lowest BCUT2D eigenvalue weighted by atomic mass is 10.1. The van der Waals surface area contributed by atoms with Gasteiger partial charge in [-0.3, -0.25) is 4.79 Å². The van der Waals surface area contributed by atoms with Gasteiger partial charge in [-0.1, -0.05) is 5.16 Å². The first-order chi connectivity index (χ1) is 8.97. The van der Waals surface area contributed by atoms with Crippen LogP contribution in [0.4, 0.5) is 5.13 Å². The van der Waals surface area contributed by atoms with Crippen molar-refractivity contribution in [2.45, 2.75) is 33.2 Å². The molecule has 0 aliphatic heterocycles. The Morgan fingerprint density at radius 1 is 1.58 bits per heavy atom. The van der Waals surface area contributed by atoms with Gasteiger partial charge in [0.05, 0.1) is 23.9 Å². The molecule has 1 atom stereocenters. The minimum Gasteiger partial charge on any atom is -0.481 e. The molecule has 7 heteroatoms. The fourth-order valence-electron chi connectivity index (χ4n) is 1.98. The molecule has 0 saturated carbocycles. The van der Waals surface area contributed by atoms with Crippen molar-refractivity contribution in [2.24, 2.45) is 0 Å². The summed E-state index contributed by atoms with van der Waals surface area (Å²) in [6.45, 7) is 5.75. The van der Waals surface area contributed by atoms with Crippen molar-refractivity contribution in [1.29, 1.82) is 0 Å². The molecule has 1 unspecified atom stereocenters. The number of nitrogens with zero attached hydrogens (tertiary/aromatic N) is 2. The first-order valence-corrected chi connectivity index (χ1v) is 6.71. The van der Waals surface area contributed by atoms with E-state index in [1.165, 1.54) is 11.3 Å². The number of aliphatic carboxylic acids is 1. The summed E-state index contributed by atoms with van der Waals surface area (Å²) < 4.78 is 5.13. The summed E-state index contributed by atoms with van der Waals surface area (Å²) in [6, 6.07) is 0.00933. The fraction of sp³-hybridized carbons (Fsp3) is 0.417. The van der Waals surface area contributed by atoms with Gasteiger partial charge in [-0.2, -0.15) is 0 Å². The standard InChI is InChI=1S/C12H15N3O3S/c1-6(11-7(2)15-18-8(11)3)13-12-14-9(5-19-12)4-10(16)17/h5-6H,4H2,1-3H3,(H,13,14)(H,16,17). The van der Waals surface area contributed by atoms with Gasteiger partial charge in [0.2, 0.25) is 0 Å². The van der Waals surface area contributed by atoms with Crippen LogP contribution in [-0.4, -0.2) is 21.2 Å². The second-order valence-electron chi connectivity index (χ2n) is 4.32. The van der Waals surface area contributed by atoms with Crippen LogP contribution < -0.4 is 5.32 Å². The highest BCUT2D eigenvalue weighted by Gasteiger charge is 2.17. The zero-order chi connectivity index (χ0) is 14.0. The summed E-state index contributed by atoms with van der Waals surface area (Å²) >= 11 is 1.39. The number of carboxylic acid groups (broad SMARTS) is 1. The van der Waals surface area contributed by atoms with E-state index in [0.29, 0.717) is 10.8 Å². The van der Waals surface area contributed by atoms with Gasteiger partial charge in [-0.25, -0.2) is 4.98 Å². The maximum atomic E-state index is 10.6. The van der Waals surface area contributed by atoms with Gasteiger partial charge in [-0.05, 0) is 20.8 Å². The van der Waals surface area contributed by atoms with E-state index in [1.54, 1.807) is 5.38 Å². The van der Waals surface area contributed by atoms with Gasteiger partial charge >= 0.3 is 5.97 Å². The molecule has 0 spiro atoms. The normalized spacial score (nSPS) is 12.4. The molecule has 6 nitrogen and oxygen atoms in total. The van der Waals surface area contributed by atoms with E-state index < -0.39 is 5.97 Å². The average Bonchev–Trinajstić information content (AvgIpc) is 2.85. The molecule has 0 aliphatic rings. The highest BCUT2D eigenvalue weighted by Crippen LogP contribution is 2.26. The molecule has 0 aliphatic carbocycles. The number of thiazole rings is 1. The third-order valence-corrected chi connectivity index (χ3v) is 3.57. The van der Waals surface area contributed by atoms with Crippen molar-refractivity contribution in [2.75, 3.05) is 5.32 Å². The van der Waals surface area contributed by atoms with Crippen molar-refractivity contribution in [3.05, 3.63) is 28.1 Å². The molecule has 0 radical (unpaired) electrons. The highest BCUT2D eigenvalue weighted by molar-refractivity contribution is 7.13. The lowest BCUT2D eigenvalue weighted by molar-refractivity contribution is -0.136. The van der Waals surface area contributed by atoms with Crippen molar-refractivity contribution < 1.29 is 14.4 Å². The van der Waals surface area contributed by atoms with E-state index >= 15 is 0 Å². The Morgan fingerprint density at radius 2 is 2.32 bits per heavy atom. The Kier molecular flexibility index (Phi) is 3.84. The van der Waals surface area contributed by atoms with Crippen molar-refractivity contribution >= 4 is 22.4 Å². The maximum Gasteiger partial charge on any atom is 0.309 e. The summed E-state index contributed by atoms with van der Waals surface area (Å²) in [5.41, 5.74) is 2.42. The van der Waals surface area contributed by atoms with Crippen LogP contribution >= 0.6 is 11.3 Å². The number of nitrogens with one attached hydrogen (secondary N) is 1. The van der Waals surface area contributed by atoms with Gasteiger partial charge < -0.3 is 14.9 Å². The summed E-state index contributed by atoms with van der Waals surface area (Å²) in [5, 5.41) is 18.3. The molecule has 0 bridgehead atoms. The number of aromatic nitrogens is 2. The minimum absolute atomic E-state index is 0.00933. The predicted octanol–water partition coefficient (Wildman–Crippen LogP) is 2.55. The second kappa shape index (κ2) is 5.40. The Bertz CT molecular complexity index is 571. The Labute approximate surface area is 114 Å². The minimum atomic E-state index is -0.879. The third-order valence-electron chi connectivity index (χ3n) is 2.75. The van der Waals surface area contributed by atoms with E-state index in [0.717, 1.165) is 17.0 Å². The van der Waals surface area contributed by atoms with Crippen LogP contribution in [0.15, 0.2) is 9.90 Å². The molecule has 19 heavy (non-hydrogen) atoms. The largest absolute Gasteiger partial charge is 0.481 e. The topological polar surface area (TPSA) is 88.3 Å². The summed E-state index contributed by atoms with van der Waals surface area (Å²) in [7, 11) is 0. The zero-order valence-electron chi connectivity index (χ0n) is 10.9. The zero-order valence-corrected chi connectivity index (χ0v) is 11.7. The third kappa shape index (κ3) is 3.11.